The monoisotopic (exact) mass is 396 g/mol. The minimum atomic E-state index is -0.347. The van der Waals surface area contributed by atoms with Gasteiger partial charge in [-0.25, -0.2) is 9.37 Å². The highest BCUT2D eigenvalue weighted by molar-refractivity contribution is 5.80. The number of para-hydroxylation sites is 1. The molecule has 6 nitrogen and oxygen atoms in total. The molecule has 0 unspecified atom stereocenters. The van der Waals surface area contributed by atoms with Gasteiger partial charge >= 0.3 is 0 Å². The zero-order chi connectivity index (χ0) is 20.4. The molecule has 4 rings (SSSR count). The predicted octanol–water partition coefficient (Wildman–Crippen LogP) is 3.41. The second-order valence-electron chi connectivity index (χ2n) is 7.66. The summed E-state index contributed by atoms with van der Waals surface area (Å²) in [5.74, 6) is 1.23. The van der Waals surface area contributed by atoms with Crippen molar-refractivity contribution in [3.63, 3.8) is 0 Å². The van der Waals surface area contributed by atoms with Gasteiger partial charge in [-0.1, -0.05) is 12.1 Å². The Kier molecular flexibility index (Phi) is 5.47. The molecular weight excluding hydrogens is 371 g/mol. The summed E-state index contributed by atoms with van der Waals surface area (Å²) in [6.45, 7) is 5.28. The normalized spacial score (nSPS) is 21.6. The van der Waals surface area contributed by atoms with Crippen molar-refractivity contribution in [2.24, 2.45) is 10.9 Å². The molecule has 1 aliphatic heterocycles. The molecule has 1 saturated carbocycles. The maximum atomic E-state index is 12.9. The van der Waals surface area contributed by atoms with Gasteiger partial charge in [0.15, 0.2) is 0 Å². The molecule has 1 aliphatic carbocycles. The van der Waals surface area contributed by atoms with Gasteiger partial charge in [0.1, 0.15) is 29.2 Å². The molecule has 1 aromatic heterocycles. The van der Waals surface area contributed by atoms with Gasteiger partial charge in [0.05, 0.1) is 12.2 Å². The summed E-state index contributed by atoms with van der Waals surface area (Å²) >= 11 is 0. The third kappa shape index (κ3) is 4.23. The van der Waals surface area contributed by atoms with E-state index in [0.29, 0.717) is 25.9 Å². The number of aryl methyl sites for hydroxylation is 1. The second kappa shape index (κ2) is 8.19. The highest BCUT2D eigenvalue weighted by atomic mass is 19.1. The van der Waals surface area contributed by atoms with Crippen LogP contribution in [0.1, 0.15) is 25.3 Å². The Morgan fingerprint density at radius 2 is 2.10 bits per heavy atom. The topological polar surface area (TPSA) is 66.8 Å². The molecule has 0 bridgehead atoms. The molecule has 7 heteroatoms. The average Bonchev–Trinajstić information content (AvgIpc) is 2.64. The molecule has 2 aromatic rings. The standard InChI is InChI=1S/C22H25FN4O2/c1-3-24-21-14(2)5-4-6-19(21)29-18-9-15(10-18)22(28)26-17-12-27(13-17)20-8-7-16(23)11-25-20/h3-8,11,15,17-18H,9-10,12-13H2,1-2H3,(H,26,28)/b24-3-. The minimum Gasteiger partial charge on any atom is -0.488 e. The Morgan fingerprint density at radius 3 is 2.79 bits per heavy atom. The first kappa shape index (κ1) is 19.4. The lowest BCUT2D eigenvalue weighted by atomic mass is 9.81. The lowest BCUT2D eigenvalue weighted by Gasteiger charge is -2.42. The van der Waals surface area contributed by atoms with Crippen molar-refractivity contribution in [2.45, 2.75) is 38.8 Å². The first-order valence-electron chi connectivity index (χ1n) is 9.95. The molecule has 0 radical (unpaired) electrons. The number of hydrogen-bond acceptors (Lipinski definition) is 5. The first-order valence-corrected chi connectivity index (χ1v) is 9.95. The Bertz CT molecular complexity index is 904. The number of amides is 1. The average molecular weight is 396 g/mol. The molecule has 2 aliphatic rings. The fourth-order valence-corrected chi connectivity index (χ4v) is 3.71. The Morgan fingerprint density at radius 1 is 1.31 bits per heavy atom. The van der Waals surface area contributed by atoms with Crippen LogP contribution in [0.15, 0.2) is 41.5 Å². The molecule has 0 spiro atoms. The SMILES string of the molecule is C/C=N\c1c(C)cccc1OC1CC(C(=O)NC2CN(c3ccc(F)cn3)C2)C1. The van der Waals surface area contributed by atoms with E-state index >= 15 is 0 Å². The molecule has 1 aromatic carbocycles. The number of aromatic nitrogens is 1. The van der Waals surface area contributed by atoms with E-state index in [-0.39, 0.29) is 29.8 Å². The predicted molar refractivity (Wildman–Crippen MR) is 110 cm³/mol. The fourth-order valence-electron chi connectivity index (χ4n) is 3.71. The number of carbonyl (C=O) groups is 1. The van der Waals surface area contributed by atoms with E-state index in [9.17, 15) is 9.18 Å². The Balaban J connectivity index is 1.22. The van der Waals surface area contributed by atoms with Crippen LogP contribution in [0.25, 0.3) is 0 Å². The van der Waals surface area contributed by atoms with Crippen LogP contribution < -0.4 is 15.0 Å². The number of aliphatic imine (C=N–C) groups is 1. The van der Waals surface area contributed by atoms with Crippen molar-refractivity contribution < 1.29 is 13.9 Å². The summed E-state index contributed by atoms with van der Waals surface area (Å²) < 4.78 is 19.0. The fraction of sp³-hybridized carbons (Fsp3) is 0.409. The zero-order valence-corrected chi connectivity index (χ0v) is 16.6. The van der Waals surface area contributed by atoms with Gasteiger partial charge in [-0.3, -0.25) is 9.79 Å². The number of rotatable bonds is 6. The number of pyridine rings is 1. The van der Waals surface area contributed by atoms with Gasteiger partial charge in [0.2, 0.25) is 5.91 Å². The zero-order valence-electron chi connectivity index (χ0n) is 16.6. The number of nitrogens with one attached hydrogen (secondary N) is 1. The van der Waals surface area contributed by atoms with Crippen LogP contribution in [0, 0.1) is 18.7 Å². The second-order valence-corrected chi connectivity index (χ2v) is 7.66. The number of carbonyl (C=O) groups excluding carboxylic acids is 1. The number of nitrogens with zero attached hydrogens (tertiary/aromatic N) is 3. The number of hydrogen-bond donors (Lipinski definition) is 1. The maximum Gasteiger partial charge on any atom is 0.223 e. The van der Waals surface area contributed by atoms with E-state index in [1.165, 1.54) is 12.3 Å². The number of halogens is 1. The van der Waals surface area contributed by atoms with Crippen LogP contribution in [0.2, 0.25) is 0 Å². The van der Waals surface area contributed by atoms with Gasteiger partial charge in [-0.2, -0.15) is 0 Å². The molecule has 1 amide bonds. The largest absolute Gasteiger partial charge is 0.488 e. The summed E-state index contributed by atoms with van der Waals surface area (Å²) in [7, 11) is 0. The van der Waals surface area contributed by atoms with Crippen molar-refractivity contribution in [2.75, 3.05) is 18.0 Å². The molecular formula is C22H25FN4O2. The lowest BCUT2D eigenvalue weighted by Crippen LogP contribution is -2.61. The number of benzene rings is 1. The molecule has 152 valence electrons. The van der Waals surface area contributed by atoms with E-state index in [2.05, 4.69) is 15.3 Å². The molecule has 1 saturated heterocycles. The molecule has 29 heavy (non-hydrogen) atoms. The van der Waals surface area contributed by atoms with Crippen LogP contribution in [0.5, 0.6) is 5.75 Å². The highest BCUT2D eigenvalue weighted by Gasteiger charge is 2.39. The molecule has 0 atom stereocenters. The van der Waals surface area contributed by atoms with E-state index in [4.69, 9.17) is 4.74 Å². The number of anilines is 1. The summed E-state index contributed by atoms with van der Waals surface area (Å²) in [6.07, 6.45) is 4.44. The quantitative estimate of drug-likeness (QED) is 0.760. The first-order chi connectivity index (χ1) is 14.0. The third-order valence-corrected chi connectivity index (χ3v) is 5.48. The smallest absolute Gasteiger partial charge is 0.223 e. The van der Waals surface area contributed by atoms with Crippen molar-refractivity contribution >= 4 is 23.6 Å². The Labute approximate surface area is 169 Å². The van der Waals surface area contributed by atoms with Crippen molar-refractivity contribution in [3.05, 3.63) is 47.9 Å². The molecule has 1 N–H and O–H groups in total. The van der Waals surface area contributed by atoms with Gasteiger partial charge in [0, 0.05) is 25.2 Å². The van der Waals surface area contributed by atoms with Gasteiger partial charge in [0.25, 0.3) is 0 Å². The van der Waals surface area contributed by atoms with E-state index < -0.39 is 0 Å². The van der Waals surface area contributed by atoms with Gasteiger partial charge in [-0.05, 0) is 50.5 Å². The van der Waals surface area contributed by atoms with Crippen LogP contribution in [-0.4, -0.2) is 42.3 Å². The van der Waals surface area contributed by atoms with Crippen molar-refractivity contribution in [3.8, 4) is 5.75 Å². The van der Waals surface area contributed by atoms with Crippen LogP contribution in [0.4, 0.5) is 15.9 Å². The summed E-state index contributed by atoms with van der Waals surface area (Å²) in [4.78, 5) is 23.0. The third-order valence-electron chi connectivity index (χ3n) is 5.48. The highest BCUT2D eigenvalue weighted by Crippen LogP contribution is 2.37. The maximum absolute atomic E-state index is 12.9. The lowest BCUT2D eigenvalue weighted by molar-refractivity contribution is -0.131. The van der Waals surface area contributed by atoms with E-state index in [1.54, 1.807) is 12.3 Å². The van der Waals surface area contributed by atoms with Gasteiger partial charge < -0.3 is 15.0 Å². The minimum absolute atomic E-state index is 0.0130. The van der Waals surface area contributed by atoms with Crippen molar-refractivity contribution in [1.82, 2.24) is 10.3 Å². The summed E-state index contributed by atoms with van der Waals surface area (Å²) in [6, 6.07) is 9.06. The van der Waals surface area contributed by atoms with Crippen LogP contribution in [-0.2, 0) is 4.79 Å². The van der Waals surface area contributed by atoms with E-state index in [0.717, 1.165) is 22.8 Å². The summed E-state index contributed by atoms with van der Waals surface area (Å²) in [5, 5.41) is 3.09. The van der Waals surface area contributed by atoms with Crippen LogP contribution in [0.3, 0.4) is 0 Å². The van der Waals surface area contributed by atoms with Crippen LogP contribution >= 0.6 is 0 Å². The van der Waals surface area contributed by atoms with E-state index in [1.807, 2.05) is 36.9 Å². The molecule has 2 fully saturated rings. The number of ether oxygens (including phenoxy) is 1. The Hall–Kier alpha value is -2.96. The van der Waals surface area contributed by atoms with Crippen molar-refractivity contribution in [1.29, 1.82) is 0 Å². The summed E-state index contributed by atoms with van der Waals surface area (Å²) in [5.41, 5.74) is 1.92. The molecule has 2 heterocycles. The van der Waals surface area contributed by atoms with Gasteiger partial charge in [-0.15, -0.1) is 0 Å².